The van der Waals surface area contributed by atoms with Gasteiger partial charge in [-0.3, -0.25) is 4.79 Å². The Bertz CT molecular complexity index is 843. The number of fused-ring (bicyclic) bond motifs is 1. The molecule has 1 spiro atoms. The maximum Gasteiger partial charge on any atom is 0.475 e. The van der Waals surface area contributed by atoms with E-state index in [4.69, 9.17) is 4.42 Å². The summed E-state index contributed by atoms with van der Waals surface area (Å²) in [4.78, 5) is 12.6. The van der Waals surface area contributed by atoms with Crippen LogP contribution in [0.15, 0.2) is 34.9 Å². The van der Waals surface area contributed by atoms with Gasteiger partial charge in [-0.25, -0.2) is 8.78 Å². The lowest BCUT2D eigenvalue weighted by Crippen LogP contribution is -2.49. The van der Waals surface area contributed by atoms with E-state index in [1.54, 1.807) is 6.26 Å². The van der Waals surface area contributed by atoms with Gasteiger partial charge in [-0.05, 0) is 42.7 Å². The Balaban J connectivity index is 1.41. The molecule has 2 atom stereocenters. The van der Waals surface area contributed by atoms with E-state index in [2.05, 4.69) is 5.32 Å². The van der Waals surface area contributed by atoms with Crippen LogP contribution in [-0.4, -0.2) is 34.9 Å². The Kier molecular flexibility index (Phi) is 4.51. The minimum absolute atomic E-state index is 0.177. The Labute approximate surface area is 155 Å². The number of amides is 1. The van der Waals surface area contributed by atoms with Crippen LogP contribution >= 0.6 is 0 Å². The zero-order valence-electron chi connectivity index (χ0n) is 14.8. The number of nitrogens with one attached hydrogen (secondary N) is 1. The molecule has 1 heterocycles. The number of hydrogen-bond acceptors (Lipinski definition) is 4. The number of hydrogen-bond donors (Lipinski definition) is 3. The summed E-state index contributed by atoms with van der Waals surface area (Å²) in [6.07, 6.45) is 2.69. The lowest BCUT2D eigenvalue weighted by molar-refractivity contribution is -0.124. The van der Waals surface area contributed by atoms with Crippen molar-refractivity contribution in [2.24, 2.45) is 11.3 Å². The lowest BCUT2D eigenvalue weighted by Gasteiger charge is -2.29. The van der Waals surface area contributed by atoms with Crippen LogP contribution in [-0.2, 0) is 11.2 Å². The summed E-state index contributed by atoms with van der Waals surface area (Å²) in [6, 6.07) is 7.39. The maximum absolute atomic E-state index is 13.4. The molecule has 1 aromatic carbocycles. The van der Waals surface area contributed by atoms with E-state index < -0.39 is 19.0 Å². The predicted molar refractivity (Wildman–Crippen MR) is 96.0 cm³/mol. The Morgan fingerprint density at radius 3 is 2.67 bits per heavy atom. The van der Waals surface area contributed by atoms with E-state index >= 15 is 0 Å². The Morgan fingerprint density at radius 1 is 1.26 bits per heavy atom. The molecule has 2 fully saturated rings. The van der Waals surface area contributed by atoms with Crippen LogP contribution in [0.2, 0.25) is 0 Å². The normalized spacial score (nSPS) is 23.9. The number of halogens is 2. The van der Waals surface area contributed by atoms with Gasteiger partial charge in [0.2, 0.25) is 11.8 Å². The van der Waals surface area contributed by atoms with Crippen LogP contribution in [0.5, 0.6) is 0 Å². The average molecular weight is 377 g/mol. The largest absolute Gasteiger partial charge is 0.475 e. The van der Waals surface area contributed by atoms with Gasteiger partial charge in [0, 0.05) is 24.1 Å². The second kappa shape index (κ2) is 6.60. The minimum Gasteiger partial charge on any atom is -0.464 e. The first-order chi connectivity index (χ1) is 12.8. The van der Waals surface area contributed by atoms with Crippen molar-refractivity contribution in [2.75, 3.05) is 0 Å². The molecule has 1 amide bonds. The first kappa shape index (κ1) is 18.4. The molecule has 0 aliphatic heterocycles. The molecular weight excluding hydrogens is 355 g/mol. The van der Waals surface area contributed by atoms with Crippen molar-refractivity contribution in [3.8, 4) is 0 Å². The quantitative estimate of drug-likeness (QED) is 0.700. The van der Waals surface area contributed by atoms with E-state index in [0.717, 1.165) is 10.9 Å². The van der Waals surface area contributed by atoms with E-state index in [-0.39, 0.29) is 36.5 Å². The van der Waals surface area contributed by atoms with Crippen LogP contribution in [0, 0.1) is 11.3 Å². The summed E-state index contributed by atoms with van der Waals surface area (Å²) in [5, 5.41) is 23.0. The van der Waals surface area contributed by atoms with Gasteiger partial charge in [-0.2, -0.15) is 0 Å². The number of rotatable bonds is 5. The second-order valence-electron chi connectivity index (χ2n) is 7.96. The van der Waals surface area contributed by atoms with E-state index in [9.17, 15) is 23.6 Å². The van der Waals surface area contributed by atoms with Gasteiger partial charge in [-0.15, -0.1) is 0 Å². The van der Waals surface area contributed by atoms with Gasteiger partial charge >= 0.3 is 7.12 Å². The van der Waals surface area contributed by atoms with Gasteiger partial charge in [0.05, 0.1) is 12.2 Å². The van der Waals surface area contributed by atoms with E-state index in [1.807, 2.05) is 24.3 Å². The Morgan fingerprint density at radius 2 is 1.96 bits per heavy atom. The molecule has 8 heteroatoms. The summed E-state index contributed by atoms with van der Waals surface area (Å²) < 4.78 is 32.2. The van der Waals surface area contributed by atoms with E-state index in [0.29, 0.717) is 24.8 Å². The molecule has 0 bridgehead atoms. The summed E-state index contributed by atoms with van der Waals surface area (Å²) >= 11 is 0. The molecule has 2 aliphatic rings. The van der Waals surface area contributed by atoms with Gasteiger partial charge in [-0.1, -0.05) is 18.2 Å². The molecule has 1 unspecified atom stereocenters. The van der Waals surface area contributed by atoms with Gasteiger partial charge in [0.1, 0.15) is 5.58 Å². The molecule has 5 nitrogen and oxygen atoms in total. The fourth-order valence-electron chi connectivity index (χ4n) is 4.33. The number of para-hydroxylation sites is 1. The third-order valence-electron chi connectivity index (χ3n) is 6.17. The zero-order chi connectivity index (χ0) is 19.2. The maximum atomic E-state index is 13.4. The molecular formula is C19H22BF2NO4. The first-order valence-electron chi connectivity index (χ1n) is 9.29. The summed E-state index contributed by atoms with van der Waals surface area (Å²) in [6.45, 7) is 0. The molecule has 1 aromatic heterocycles. The number of carbonyl (C=O) groups is 1. The molecule has 3 N–H and O–H groups in total. The fraction of sp³-hybridized carbons (Fsp3) is 0.526. The third kappa shape index (κ3) is 3.60. The smallest absolute Gasteiger partial charge is 0.464 e. The Hall–Kier alpha value is -1.93. The minimum atomic E-state index is -2.62. The van der Waals surface area contributed by atoms with Crippen molar-refractivity contribution in [1.29, 1.82) is 0 Å². The highest BCUT2D eigenvalue weighted by atomic mass is 19.3. The van der Waals surface area contributed by atoms with Gasteiger partial charge in [0.25, 0.3) is 0 Å². The number of carbonyl (C=O) groups excluding carboxylic acids is 1. The van der Waals surface area contributed by atoms with Crippen LogP contribution in [0.25, 0.3) is 11.0 Å². The topological polar surface area (TPSA) is 82.7 Å². The highest BCUT2D eigenvalue weighted by molar-refractivity contribution is 6.43. The molecule has 4 rings (SSSR count). The SMILES string of the molecule is O=C(N[C@@H](Cc1coc2ccccc12)B(O)O)C1CC12CCC(F)(F)CC2. The fourth-order valence-corrected chi connectivity index (χ4v) is 4.33. The van der Waals surface area contributed by atoms with Crippen molar-refractivity contribution in [1.82, 2.24) is 5.32 Å². The van der Waals surface area contributed by atoms with Crippen LogP contribution < -0.4 is 5.32 Å². The lowest BCUT2D eigenvalue weighted by atomic mass is 9.75. The van der Waals surface area contributed by atoms with E-state index in [1.165, 1.54) is 0 Å². The summed E-state index contributed by atoms with van der Waals surface area (Å²) in [5.74, 6) is -4.12. The summed E-state index contributed by atoms with van der Waals surface area (Å²) in [5.41, 5.74) is 1.13. The average Bonchev–Trinajstić information content (AvgIpc) is 3.21. The molecule has 144 valence electrons. The van der Waals surface area contributed by atoms with Crippen molar-refractivity contribution in [2.45, 2.75) is 50.4 Å². The molecule has 2 saturated carbocycles. The highest BCUT2D eigenvalue weighted by Crippen LogP contribution is 2.63. The van der Waals surface area contributed by atoms with Crippen molar-refractivity contribution in [3.05, 3.63) is 36.1 Å². The van der Waals surface area contributed by atoms with Gasteiger partial charge in [0.15, 0.2) is 0 Å². The van der Waals surface area contributed by atoms with Crippen molar-refractivity contribution < 1.29 is 28.0 Å². The molecule has 0 saturated heterocycles. The first-order valence-corrected chi connectivity index (χ1v) is 9.29. The summed E-state index contributed by atoms with van der Waals surface area (Å²) in [7, 11) is -1.73. The predicted octanol–water partition coefficient (Wildman–Crippen LogP) is 2.69. The molecule has 0 radical (unpaired) electrons. The standard InChI is InChI=1S/C19H22BF2NO4/c21-19(22)7-5-18(6-8-19)10-14(18)17(24)23-16(20(25)26)9-12-11-27-15-4-2-1-3-13(12)15/h1-4,11,14,16,25-26H,5-10H2,(H,23,24)/t14?,16-/m0/s1. The van der Waals surface area contributed by atoms with Crippen molar-refractivity contribution >= 4 is 24.0 Å². The zero-order valence-corrected chi connectivity index (χ0v) is 14.8. The van der Waals surface area contributed by atoms with Crippen LogP contribution in [0.4, 0.5) is 8.78 Å². The highest BCUT2D eigenvalue weighted by Gasteiger charge is 2.61. The van der Waals surface area contributed by atoms with Crippen molar-refractivity contribution in [3.63, 3.8) is 0 Å². The number of benzene rings is 1. The second-order valence-corrected chi connectivity index (χ2v) is 7.96. The molecule has 27 heavy (non-hydrogen) atoms. The number of furan rings is 1. The monoisotopic (exact) mass is 377 g/mol. The molecule has 2 aromatic rings. The number of alkyl halides is 2. The van der Waals surface area contributed by atoms with Crippen LogP contribution in [0.3, 0.4) is 0 Å². The molecule has 2 aliphatic carbocycles. The third-order valence-corrected chi connectivity index (χ3v) is 6.17. The van der Waals surface area contributed by atoms with Gasteiger partial charge < -0.3 is 19.8 Å². The van der Waals surface area contributed by atoms with Crippen LogP contribution in [0.1, 0.15) is 37.7 Å².